The molecule has 0 atom stereocenters. The maximum atomic E-state index is 13.0. The monoisotopic (exact) mass is 406 g/mol. The Morgan fingerprint density at radius 1 is 0.967 bits per heavy atom. The number of hydrogen-bond donors (Lipinski definition) is 0. The number of rotatable bonds is 9. The summed E-state index contributed by atoms with van der Waals surface area (Å²) < 4.78 is 16.4. The fraction of sp³-hybridized carbons (Fsp3) is 0.250. The summed E-state index contributed by atoms with van der Waals surface area (Å²) in [5.74, 6) is 1.98. The minimum atomic E-state index is -0.0360. The number of carbonyl (C=O) groups excluding carboxylic acids is 1. The second-order valence-corrected chi connectivity index (χ2v) is 6.68. The zero-order chi connectivity index (χ0) is 21.3. The molecule has 0 aliphatic carbocycles. The molecule has 0 saturated heterocycles. The number of hydrogen-bond acceptors (Lipinski definition) is 5. The first kappa shape index (κ1) is 21.2. The van der Waals surface area contributed by atoms with Crippen LogP contribution in [0.3, 0.4) is 0 Å². The van der Waals surface area contributed by atoms with Gasteiger partial charge in [0.15, 0.2) is 11.5 Å². The normalized spacial score (nSPS) is 10.4. The van der Waals surface area contributed by atoms with E-state index < -0.39 is 0 Å². The largest absolute Gasteiger partial charge is 0.493 e. The molecular weight excluding hydrogens is 380 g/mol. The smallest absolute Gasteiger partial charge is 0.254 e. The van der Waals surface area contributed by atoms with Crippen LogP contribution in [0, 0.1) is 0 Å². The lowest BCUT2D eigenvalue weighted by Gasteiger charge is -2.22. The van der Waals surface area contributed by atoms with Gasteiger partial charge in [0.1, 0.15) is 12.4 Å². The molecule has 1 amide bonds. The average molecular weight is 406 g/mol. The first-order chi connectivity index (χ1) is 14.6. The van der Waals surface area contributed by atoms with E-state index in [2.05, 4.69) is 4.98 Å². The van der Waals surface area contributed by atoms with Crippen molar-refractivity contribution in [1.82, 2.24) is 9.88 Å². The van der Waals surface area contributed by atoms with Crippen LogP contribution in [-0.2, 0) is 13.2 Å². The van der Waals surface area contributed by atoms with Crippen molar-refractivity contribution in [3.63, 3.8) is 0 Å². The van der Waals surface area contributed by atoms with Crippen molar-refractivity contribution in [1.29, 1.82) is 0 Å². The van der Waals surface area contributed by atoms with Crippen LogP contribution in [-0.4, -0.2) is 36.6 Å². The number of benzene rings is 2. The number of carbonyl (C=O) groups is 1. The lowest BCUT2D eigenvalue weighted by molar-refractivity contribution is 0.0752. The van der Waals surface area contributed by atoms with Gasteiger partial charge >= 0.3 is 0 Å². The van der Waals surface area contributed by atoms with Crippen molar-refractivity contribution in [2.75, 3.05) is 20.8 Å². The number of ether oxygens (including phenoxy) is 3. The number of methoxy groups -OCH3 is 2. The van der Waals surface area contributed by atoms with Gasteiger partial charge in [-0.25, -0.2) is 0 Å². The molecule has 6 heteroatoms. The molecule has 1 heterocycles. The van der Waals surface area contributed by atoms with Crippen LogP contribution < -0.4 is 14.2 Å². The van der Waals surface area contributed by atoms with Crippen molar-refractivity contribution in [2.24, 2.45) is 0 Å². The fourth-order valence-electron chi connectivity index (χ4n) is 3.05. The highest BCUT2D eigenvalue weighted by Gasteiger charge is 2.16. The Morgan fingerprint density at radius 2 is 1.73 bits per heavy atom. The molecule has 0 aliphatic rings. The van der Waals surface area contributed by atoms with Crippen LogP contribution in [0.25, 0.3) is 0 Å². The molecule has 30 heavy (non-hydrogen) atoms. The van der Waals surface area contributed by atoms with Gasteiger partial charge in [0.25, 0.3) is 5.91 Å². The van der Waals surface area contributed by atoms with Gasteiger partial charge in [-0.1, -0.05) is 12.1 Å². The number of nitrogens with zero attached hydrogens (tertiary/aromatic N) is 2. The molecule has 156 valence electrons. The van der Waals surface area contributed by atoms with Gasteiger partial charge in [0.2, 0.25) is 0 Å². The molecule has 0 aliphatic heterocycles. The van der Waals surface area contributed by atoms with Crippen LogP contribution in [0.15, 0.2) is 67.0 Å². The molecule has 0 saturated carbocycles. The van der Waals surface area contributed by atoms with Crippen molar-refractivity contribution < 1.29 is 19.0 Å². The highest BCUT2D eigenvalue weighted by molar-refractivity contribution is 5.94. The first-order valence-corrected chi connectivity index (χ1v) is 9.76. The molecule has 0 spiro atoms. The topological polar surface area (TPSA) is 60.9 Å². The van der Waals surface area contributed by atoms with Gasteiger partial charge in [-0.2, -0.15) is 0 Å². The van der Waals surface area contributed by atoms with Gasteiger partial charge in [-0.05, 0) is 55.0 Å². The summed E-state index contributed by atoms with van der Waals surface area (Å²) in [7, 11) is 3.20. The summed E-state index contributed by atoms with van der Waals surface area (Å²) >= 11 is 0. The fourth-order valence-corrected chi connectivity index (χ4v) is 3.05. The molecule has 0 N–H and O–H groups in total. The summed E-state index contributed by atoms with van der Waals surface area (Å²) in [5, 5.41) is 0. The lowest BCUT2D eigenvalue weighted by Crippen LogP contribution is -2.30. The highest BCUT2D eigenvalue weighted by Crippen LogP contribution is 2.28. The zero-order valence-corrected chi connectivity index (χ0v) is 17.5. The standard InChI is InChI=1S/C24H26N2O4/c1-4-26(16-18-7-12-22(28-2)23(14-18)29-3)24(27)20-8-10-21(11-9-20)30-17-19-6-5-13-25-15-19/h5-15H,4,16-17H2,1-3H3. The molecule has 1 aromatic heterocycles. The third-order valence-electron chi connectivity index (χ3n) is 4.72. The van der Waals surface area contributed by atoms with Crippen LogP contribution in [0.4, 0.5) is 0 Å². The van der Waals surface area contributed by atoms with Gasteiger partial charge in [0.05, 0.1) is 14.2 Å². The number of amides is 1. The summed E-state index contributed by atoms with van der Waals surface area (Å²) in [6.07, 6.45) is 3.50. The van der Waals surface area contributed by atoms with Crippen molar-refractivity contribution in [3.8, 4) is 17.2 Å². The van der Waals surface area contributed by atoms with Gasteiger partial charge < -0.3 is 19.1 Å². The second kappa shape index (κ2) is 10.3. The second-order valence-electron chi connectivity index (χ2n) is 6.68. The van der Waals surface area contributed by atoms with Crippen LogP contribution in [0.5, 0.6) is 17.2 Å². The van der Waals surface area contributed by atoms with E-state index in [0.29, 0.717) is 42.5 Å². The lowest BCUT2D eigenvalue weighted by atomic mass is 10.1. The van der Waals surface area contributed by atoms with E-state index in [1.54, 1.807) is 43.6 Å². The van der Waals surface area contributed by atoms with Gasteiger partial charge in [0, 0.05) is 36.6 Å². The quantitative estimate of drug-likeness (QED) is 0.529. The van der Waals surface area contributed by atoms with Crippen LogP contribution >= 0.6 is 0 Å². The predicted octanol–water partition coefficient (Wildman–Crippen LogP) is 4.34. The van der Waals surface area contributed by atoms with Crippen molar-refractivity contribution in [2.45, 2.75) is 20.1 Å². The first-order valence-electron chi connectivity index (χ1n) is 9.76. The summed E-state index contributed by atoms with van der Waals surface area (Å²) in [6.45, 7) is 3.47. The Kier molecular flexibility index (Phi) is 7.27. The summed E-state index contributed by atoms with van der Waals surface area (Å²) in [6, 6.07) is 16.7. The number of aromatic nitrogens is 1. The van der Waals surface area contributed by atoms with E-state index in [-0.39, 0.29) is 5.91 Å². The molecule has 0 bridgehead atoms. The third-order valence-corrected chi connectivity index (χ3v) is 4.72. The minimum absolute atomic E-state index is 0.0360. The van der Waals surface area contributed by atoms with E-state index in [1.807, 2.05) is 49.4 Å². The van der Waals surface area contributed by atoms with E-state index in [0.717, 1.165) is 11.1 Å². The van der Waals surface area contributed by atoms with Crippen LogP contribution in [0.1, 0.15) is 28.4 Å². The molecular formula is C24H26N2O4. The van der Waals surface area contributed by atoms with Gasteiger partial charge in [-0.3, -0.25) is 9.78 Å². The molecule has 3 rings (SSSR count). The molecule has 0 radical (unpaired) electrons. The molecule has 3 aromatic rings. The van der Waals surface area contributed by atoms with E-state index in [1.165, 1.54) is 0 Å². The predicted molar refractivity (Wildman–Crippen MR) is 115 cm³/mol. The SMILES string of the molecule is CCN(Cc1ccc(OC)c(OC)c1)C(=O)c1ccc(OCc2cccnc2)cc1. The minimum Gasteiger partial charge on any atom is -0.493 e. The molecule has 0 unspecified atom stereocenters. The van der Waals surface area contributed by atoms with Gasteiger partial charge in [-0.15, -0.1) is 0 Å². The zero-order valence-electron chi connectivity index (χ0n) is 17.5. The Balaban J connectivity index is 1.65. The Morgan fingerprint density at radius 3 is 2.37 bits per heavy atom. The Labute approximate surface area is 177 Å². The Bertz CT molecular complexity index is 959. The molecule has 0 fully saturated rings. The van der Waals surface area contributed by atoms with Crippen LogP contribution in [0.2, 0.25) is 0 Å². The molecule has 2 aromatic carbocycles. The third kappa shape index (κ3) is 5.29. The Hall–Kier alpha value is -3.54. The molecule has 6 nitrogen and oxygen atoms in total. The summed E-state index contributed by atoms with van der Waals surface area (Å²) in [5.41, 5.74) is 2.58. The van der Waals surface area contributed by atoms with E-state index in [4.69, 9.17) is 14.2 Å². The maximum absolute atomic E-state index is 13.0. The number of pyridine rings is 1. The van der Waals surface area contributed by atoms with Crippen molar-refractivity contribution >= 4 is 5.91 Å². The summed E-state index contributed by atoms with van der Waals surface area (Å²) in [4.78, 5) is 18.8. The van der Waals surface area contributed by atoms with E-state index >= 15 is 0 Å². The van der Waals surface area contributed by atoms with Crippen molar-refractivity contribution in [3.05, 3.63) is 83.7 Å². The van der Waals surface area contributed by atoms with E-state index in [9.17, 15) is 4.79 Å². The average Bonchev–Trinajstić information content (AvgIpc) is 2.81. The highest BCUT2D eigenvalue weighted by atomic mass is 16.5. The maximum Gasteiger partial charge on any atom is 0.254 e.